The average molecular weight is 357 g/mol. The Hall–Kier alpha value is -1.18. The van der Waals surface area contributed by atoms with Gasteiger partial charge in [-0.1, -0.05) is 18.2 Å². The number of aliphatic carboxylic acids is 1. The largest absolute Gasteiger partial charge is 0.480 e. The number of nitrogens with one attached hydrogen (secondary N) is 1. The van der Waals surface area contributed by atoms with Gasteiger partial charge in [-0.25, -0.2) is 0 Å². The van der Waals surface area contributed by atoms with Crippen LogP contribution in [0.5, 0.6) is 0 Å². The Kier molecular flexibility index (Phi) is 9.82. The molecule has 0 heterocycles. The summed E-state index contributed by atoms with van der Waals surface area (Å²) in [6, 6.07) is 9.38. The first kappa shape index (κ1) is 19.9. The summed E-state index contributed by atoms with van der Waals surface area (Å²) in [6.07, 6.45) is 0. The van der Waals surface area contributed by atoms with Gasteiger partial charge in [-0.05, 0) is 26.0 Å². The standard InChI is InChI=1S/C16H23NO4S2/c1-3-21-16(20)14(11-17-12(2)15(18)19)23-10-9-22-13-7-5-4-6-8-13/h4-8,12,14,17H,3,9-11H2,1-2H3,(H,18,19)/t12-,14+/m0/s1. The third-order valence-electron chi connectivity index (χ3n) is 2.94. The molecule has 0 fully saturated rings. The number of rotatable bonds is 11. The zero-order chi connectivity index (χ0) is 17.1. The molecular formula is C16H23NO4S2. The Morgan fingerprint density at radius 2 is 1.96 bits per heavy atom. The summed E-state index contributed by atoms with van der Waals surface area (Å²) >= 11 is 3.22. The summed E-state index contributed by atoms with van der Waals surface area (Å²) in [5, 5.41) is 11.3. The summed E-state index contributed by atoms with van der Waals surface area (Å²) in [4.78, 5) is 24.0. The summed E-state index contributed by atoms with van der Waals surface area (Å²) < 4.78 is 5.06. The zero-order valence-corrected chi connectivity index (χ0v) is 15.0. The molecule has 5 nitrogen and oxygen atoms in total. The first-order valence-corrected chi connectivity index (χ1v) is 9.50. The molecule has 2 atom stereocenters. The highest BCUT2D eigenvalue weighted by molar-refractivity contribution is 8.03. The maximum atomic E-state index is 12.0. The number of hydrogen-bond acceptors (Lipinski definition) is 6. The molecule has 0 saturated heterocycles. The van der Waals surface area contributed by atoms with Gasteiger partial charge in [0.25, 0.3) is 0 Å². The quantitative estimate of drug-likeness (QED) is 0.358. The van der Waals surface area contributed by atoms with E-state index < -0.39 is 17.3 Å². The number of carbonyl (C=O) groups is 2. The van der Waals surface area contributed by atoms with Gasteiger partial charge in [-0.15, -0.1) is 23.5 Å². The Bertz CT molecular complexity index is 484. The van der Waals surface area contributed by atoms with Crippen LogP contribution in [-0.2, 0) is 14.3 Å². The van der Waals surface area contributed by atoms with Crippen molar-refractivity contribution in [2.24, 2.45) is 0 Å². The topological polar surface area (TPSA) is 75.6 Å². The molecule has 1 aromatic carbocycles. The van der Waals surface area contributed by atoms with E-state index in [-0.39, 0.29) is 12.5 Å². The van der Waals surface area contributed by atoms with Gasteiger partial charge in [-0.3, -0.25) is 9.59 Å². The van der Waals surface area contributed by atoms with Crippen molar-refractivity contribution in [3.63, 3.8) is 0 Å². The van der Waals surface area contributed by atoms with Gasteiger partial charge in [0, 0.05) is 22.9 Å². The van der Waals surface area contributed by atoms with Gasteiger partial charge in [0.15, 0.2) is 0 Å². The number of ether oxygens (including phenoxy) is 1. The van der Waals surface area contributed by atoms with Crippen molar-refractivity contribution in [2.75, 3.05) is 24.7 Å². The van der Waals surface area contributed by atoms with Crippen molar-refractivity contribution < 1.29 is 19.4 Å². The predicted molar refractivity (Wildman–Crippen MR) is 95.1 cm³/mol. The fraction of sp³-hybridized carbons (Fsp3) is 0.500. The molecule has 0 aliphatic rings. The molecule has 7 heteroatoms. The average Bonchev–Trinajstić information content (AvgIpc) is 2.54. The first-order valence-electron chi connectivity index (χ1n) is 7.46. The summed E-state index contributed by atoms with van der Waals surface area (Å²) in [7, 11) is 0. The van der Waals surface area contributed by atoms with E-state index in [1.165, 1.54) is 16.7 Å². The van der Waals surface area contributed by atoms with Crippen LogP contribution < -0.4 is 5.32 Å². The Morgan fingerprint density at radius 1 is 1.26 bits per heavy atom. The monoisotopic (exact) mass is 357 g/mol. The maximum absolute atomic E-state index is 12.0. The van der Waals surface area contributed by atoms with Gasteiger partial charge in [0.05, 0.1) is 6.61 Å². The highest BCUT2D eigenvalue weighted by Gasteiger charge is 2.22. The highest BCUT2D eigenvalue weighted by atomic mass is 32.2. The van der Waals surface area contributed by atoms with E-state index in [2.05, 4.69) is 5.32 Å². The number of thioether (sulfide) groups is 2. The predicted octanol–water partition coefficient (Wildman–Crippen LogP) is 2.51. The molecule has 128 valence electrons. The van der Waals surface area contributed by atoms with Gasteiger partial charge >= 0.3 is 11.9 Å². The molecule has 0 aromatic heterocycles. The molecule has 0 amide bonds. The molecule has 2 N–H and O–H groups in total. The van der Waals surface area contributed by atoms with Gasteiger partial charge < -0.3 is 15.2 Å². The summed E-state index contributed by atoms with van der Waals surface area (Å²) in [5.74, 6) is 0.426. The minimum absolute atomic E-state index is 0.285. The number of carbonyl (C=O) groups excluding carboxylic acids is 1. The minimum Gasteiger partial charge on any atom is -0.480 e. The van der Waals surface area contributed by atoms with Crippen LogP contribution in [0.3, 0.4) is 0 Å². The van der Waals surface area contributed by atoms with Crippen molar-refractivity contribution in [1.82, 2.24) is 5.32 Å². The number of esters is 1. The number of hydrogen-bond donors (Lipinski definition) is 2. The van der Waals surface area contributed by atoms with E-state index in [9.17, 15) is 9.59 Å². The lowest BCUT2D eigenvalue weighted by molar-refractivity contribution is -0.143. The molecular weight excluding hydrogens is 334 g/mol. The summed E-state index contributed by atoms with van der Waals surface area (Å²) in [6.45, 7) is 3.93. The van der Waals surface area contributed by atoms with Crippen molar-refractivity contribution in [1.29, 1.82) is 0 Å². The van der Waals surface area contributed by atoms with Crippen LogP contribution in [0.2, 0.25) is 0 Å². The van der Waals surface area contributed by atoms with E-state index in [1.807, 2.05) is 30.3 Å². The smallest absolute Gasteiger partial charge is 0.320 e. The van der Waals surface area contributed by atoms with Crippen LogP contribution >= 0.6 is 23.5 Å². The van der Waals surface area contributed by atoms with Crippen LogP contribution in [0, 0.1) is 0 Å². The fourth-order valence-corrected chi connectivity index (χ4v) is 3.69. The molecule has 0 unspecified atom stereocenters. The molecule has 0 bridgehead atoms. The number of carboxylic acid groups (broad SMARTS) is 1. The molecule has 1 rings (SSSR count). The summed E-state index contributed by atoms with van der Waals surface area (Å²) in [5.41, 5.74) is 0. The Morgan fingerprint density at radius 3 is 2.57 bits per heavy atom. The first-order chi connectivity index (χ1) is 11.0. The van der Waals surface area contributed by atoms with E-state index >= 15 is 0 Å². The molecule has 0 saturated carbocycles. The molecule has 0 aliphatic carbocycles. The van der Waals surface area contributed by atoms with Crippen LogP contribution in [0.1, 0.15) is 13.8 Å². The fourth-order valence-electron chi connectivity index (χ4n) is 1.68. The van der Waals surface area contributed by atoms with E-state index in [4.69, 9.17) is 9.84 Å². The van der Waals surface area contributed by atoms with Gasteiger partial charge in [-0.2, -0.15) is 0 Å². The lowest BCUT2D eigenvalue weighted by Gasteiger charge is -2.17. The second-order valence-corrected chi connectivity index (χ2v) is 7.22. The zero-order valence-electron chi connectivity index (χ0n) is 13.4. The molecule has 0 radical (unpaired) electrons. The minimum atomic E-state index is -0.933. The Balaban J connectivity index is 2.39. The lowest BCUT2D eigenvalue weighted by Crippen LogP contribution is -2.41. The molecule has 1 aromatic rings. The van der Waals surface area contributed by atoms with Crippen molar-refractivity contribution >= 4 is 35.5 Å². The second kappa shape index (κ2) is 11.4. The third-order valence-corrected chi connectivity index (χ3v) is 5.42. The van der Waals surface area contributed by atoms with Gasteiger partial charge in [0.1, 0.15) is 11.3 Å². The second-order valence-electron chi connectivity index (χ2n) is 4.74. The Labute approximate surface area is 145 Å². The van der Waals surface area contributed by atoms with E-state index in [0.717, 1.165) is 11.5 Å². The van der Waals surface area contributed by atoms with Gasteiger partial charge in [0.2, 0.25) is 0 Å². The van der Waals surface area contributed by atoms with Crippen LogP contribution in [-0.4, -0.2) is 53.0 Å². The normalized spacial score (nSPS) is 13.3. The highest BCUT2D eigenvalue weighted by Crippen LogP contribution is 2.20. The SMILES string of the molecule is CCOC(=O)[C@@H](CN[C@@H](C)C(=O)O)SCCSc1ccccc1. The lowest BCUT2D eigenvalue weighted by atomic mass is 10.3. The molecule has 0 aliphatic heterocycles. The van der Waals surface area contributed by atoms with Crippen LogP contribution in [0.25, 0.3) is 0 Å². The molecule has 23 heavy (non-hydrogen) atoms. The van der Waals surface area contributed by atoms with Crippen molar-refractivity contribution in [3.8, 4) is 0 Å². The van der Waals surface area contributed by atoms with Crippen LogP contribution in [0.15, 0.2) is 35.2 Å². The maximum Gasteiger partial charge on any atom is 0.320 e. The van der Waals surface area contributed by atoms with E-state index in [0.29, 0.717) is 6.61 Å². The number of benzene rings is 1. The van der Waals surface area contributed by atoms with Crippen molar-refractivity contribution in [2.45, 2.75) is 30.0 Å². The molecule has 0 spiro atoms. The number of carboxylic acids is 1. The third kappa shape index (κ3) is 8.29. The van der Waals surface area contributed by atoms with Crippen LogP contribution in [0.4, 0.5) is 0 Å². The van der Waals surface area contributed by atoms with Crippen molar-refractivity contribution in [3.05, 3.63) is 30.3 Å². The van der Waals surface area contributed by atoms with E-state index in [1.54, 1.807) is 25.6 Å².